The minimum atomic E-state index is -0.260. The van der Waals surface area contributed by atoms with Crippen molar-refractivity contribution >= 4 is 5.91 Å². The largest absolute Gasteiger partial charge is 0.342 e. The van der Waals surface area contributed by atoms with Gasteiger partial charge in [0, 0.05) is 30.5 Å². The molecular formula is C19H24N4O2. The number of rotatable bonds is 3. The van der Waals surface area contributed by atoms with Crippen LogP contribution in [0.1, 0.15) is 37.4 Å². The second kappa shape index (κ2) is 7.59. The number of carbonyl (C=O) groups excluding carboxylic acids is 1. The van der Waals surface area contributed by atoms with Gasteiger partial charge in [0.15, 0.2) is 5.82 Å². The van der Waals surface area contributed by atoms with Gasteiger partial charge in [-0.25, -0.2) is 4.98 Å². The molecule has 3 heterocycles. The van der Waals surface area contributed by atoms with Crippen molar-refractivity contribution in [1.82, 2.24) is 19.9 Å². The molecule has 0 spiro atoms. The summed E-state index contributed by atoms with van der Waals surface area (Å²) in [5.41, 5.74) is 1.38. The molecule has 0 aromatic carbocycles. The SMILES string of the molecule is Cc1nc(-c2ccccn2)[nH]c(=O)c1CC(=O)N1CCC[C@@H](C)CC1. The van der Waals surface area contributed by atoms with Gasteiger partial charge in [-0.3, -0.25) is 14.6 Å². The molecule has 1 N–H and O–H groups in total. The maximum Gasteiger partial charge on any atom is 0.255 e. The van der Waals surface area contributed by atoms with E-state index < -0.39 is 0 Å². The number of likely N-dealkylation sites (tertiary alicyclic amines) is 1. The lowest BCUT2D eigenvalue weighted by atomic mass is 10.0. The van der Waals surface area contributed by atoms with Crippen LogP contribution in [0.15, 0.2) is 29.2 Å². The topological polar surface area (TPSA) is 79.0 Å². The Bertz CT molecular complexity index is 801. The Morgan fingerprint density at radius 1 is 1.32 bits per heavy atom. The molecule has 0 bridgehead atoms. The van der Waals surface area contributed by atoms with Gasteiger partial charge in [0.05, 0.1) is 6.42 Å². The molecule has 2 aromatic heterocycles. The summed E-state index contributed by atoms with van der Waals surface area (Å²) in [5, 5.41) is 0. The van der Waals surface area contributed by atoms with Crippen LogP contribution in [0.25, 0.3) is 11.5 Å². The van der Waals surface area contributed by atoms with Gasteiger partial charge in [0.25, 0.3) is 5.56 Å². The van der Waals surface area contributed by atoms with E-state index in [0.29, 0.717) is 28.7 Å². The first-order valence-corrected chi connectivity index (χ1v) is 8.83. The van der Waals surface area contributed by atoms with Crippen LogP contribution in [0.3, 0.4) is 0 Å². The number of aryl methyl sites for hydroxylation is 1. The molecule has 1 atom stereocenters. The fraction of sp³-hybridized carbons (Fsp3) is 0.474. The fourth-order valence-corrected chi connectivity index (χ4v) is 3.22. The summed E-state index contributed by atoms with van der Waals surface area (Å²) in [5.74, 6) is 1.10. The average molecular weight is 340 g/mol. The Kier molecular flexibility index (Phi) is 5.26. The van der Waals surface area contributed by atoms with E-state index in [1.807, 2.05) is 17.0 Å². The number of hydrogen-bond donors (Lipinski definition) is 1. The van der Waals surface area contributed by atoms with Crippen LogP contribution in [0.2, 0.25) is 0 Å². The summed E-state index contributed by atoms with van der Waals surface area (Å²) in [7, 11) is 0. The molecule has 6 heteroatoms. The maximum atomic E-state index is 12.6. The molecule has 0 radical (unpaired) electrons. The molecule has 6 nitrogen and oxygen atoms in total. The molecule has 1 aliphatic rings. The van der Waals surface area contributed by atoms with Crippen molar-refractivity contribution in [2.75, 3.05) is 13.1 Å². The quantitative estimate of drug-likeness (QED) is 0.930. The number of H-pyrrole nitrogens is 1. The van der Waals surface area contributed by atoms with E-state index in [0.717, 1.165) is 32.4 Å². The smallest absolute Gasteiger partial charge is 0.255 e. The van der Waals surface area contributed by atoms with Crippen molar-refractivity contribution in [1.29, 1.82) is 0 Å². The van der Waals surface area contributed by atoms with E-state index in [4.69, 9.17) is 0 Å². The molecule has 1 fully saturated rings. The first-order valence-electron chi connectivity index (χ1n) is 8.83. The Morgan fingerprint density at radius 2 is 2.16 bits per heavy atom. The number of pyridine rings is 1. The van der Waals surface area contributed by atoms with E-state index in [1.165, 1.54) is 0 Å². The number of aromatic amines is 1. The lowest BCUT2D eigenvalue weighted by molar-refractivity contribution is -0.130. The zero-order valence-corrected chi connectivity index (χ0v) is 14.8. The minimum Gasteiger partial charge on any atom is -0.342 e. The lowest BCUT2D eigenvalue weighted by Gasteiger charge is -2.20. The van der Waals surface area contributed by atoms with Crippen molar-refractivity contribution in [2.24, 2.45) is 5.92 Å². The molecule has 25 heavy (non-hydrogen) atoms. The summed E-state index contributed by atoms with van der Waals surface area (Å²) in [6, 6.07) is 5.44. The van der Waals surface area contributed by atoms with Crippen LogP contribution in [-0.4, -0.2) is 38.8 Å². The number of carbonyl (C=O) groups is 1. The lowest BCUT2D eigenvalue weighted by Crippen LogP contribution is -2.35. The Labute approximate surface area is 147 Å². The van der Waals surface area contributed by atoms with Crippen LogP contribution in [-0.2, 0) is 11.2 Å². The molecule has 1 aliphatic heterocycles. The normalized spacial score (nSPS) is 18.0. The number of nitrogens with one attached hydrogen (secondary N) is 1. The van der Waals surface area contributed by atoms with Crippen molar-refractivity contribution in [2.45, 2.75) is 39.5 Å². The van der Waals surface area contributed by atoms with Crippen LogP contribution in [0, 0.1) is 12.8 Å². The Hall–Kier alpha value is -2.50. The Morgan fingerprint density at radius 3 is 2.88 bits per heavy atom. The highest BCUT2D eigenvalue weighted by Gasteiger charge is 2.21. The van der Waals surface area contributed by atoms with Gasteiger partial charge in [-0.2, -0.15) is 0 Å². The molecular weight excluding hydrogens is 316 g/mol. The van der Waals surface area contributed by atoms with Gasteiger partial charge in [-0.1, -0.05) is 13.0 Å². The van der Waals surface area contributed by atoms with Crippen LogP contribution < -0.4 is 5.56 Å². The van der Waals surface area contributed by atoms with Gasteiger partial charge < -0.3 is 9.88 Å². The maximum absolute atomic E-state index is 12.6. The highest BCUT2D eigenvalue weighted by Crippen LogP contribution is 2.17. The summed E-state index contributed by atoms with van der Waals surface area (Å²) in [6.45, 7) is 5.55. The monoisotopic (exact) mass is 340 g/mol. The van der Waals surface area contributed by atoms with Crippen molar-refractivity contribution in [3.63, 3.8) is 0 Å². The molecule has 1 amide bonds. The van der Waals surface area contributed by atoms with E-state index in [2.05, 4.69) is 21.9 Å². The molecule has 0 unspecified atom stereocenters. The van der Waals surface area contributed by atoms with Crippen LogP contribution in [0.5, 0.6) is 0 Å². The van der Waals surface area contributed by atoms with Crippen LogP contribution in [0.4, 0.5) is 0 Å². The molecule has 2 aromatic rings. The minimum absolute atomic E-state index is 0.00934. The number of hydrogen-bond acceptors (Lipinski definition) is 4. The van der Waals surface area contributed by atoms with Crippen molar-refractivity contribution in [3.05, 3.63) is 46.0 Å². The standard InChI is InChI=1S/C19H24N4O2/c1-13-6-5-10-23(11-8-13)17(24)12-15-14(2)21-18(22-19(15)25)16-7-3-4-9-20-16/h3-4,7,9,13H,5-6,8,10-12H2,1-2H3,(H,21,22,25)/t13-/m1/s1. The predicted molar refractivity (Wildman–Crippen MR) is 96.1 cm³/mol. The van der Waals surface area contributed by atoms with Crippen LogP contribution >= 0.6 is 0 Å². The number of nitrogens with zero attached hydrogens (tertiary/aromatic N) is 3. The van der Waals surface area contributed by atoms with E-state index in [-0.39, 0.29) is 17.9 Å². The summed E-state index contributed by atoms with van der Waals surface area (Å²) >= 11 is 0. The predicted octanol–water partition coefficient (Wildman–Crippen LogP) is 2.33. The average Bonchev–Trinajstić information content (AvgIpc) is 2.83. The zero-order valence-electron chi connectivity index (χ0n) is 14.8. The number of aromatic nitrogens is 3. The Balaban J connectivity index is 1.79. The first kappa shape index (κ1) is 17.3. The third-order valence-corrected chi connectivity index (χ3v) is 4.83. The van der Waals surface area contributed by atoms with E-state index in [9.17, 15) is 9.59 Å². The van der Waals surface area contributed by atoms with Gasteiger partial charge >= 0.3 is 0 Å². The highest BCUT2D eigenvalue weighted by molar-refractivity contribution is 5.79. The summed E-state index contributed by atoms with van der Waals surface area (Å²) < 4.78 is 0. The molecule has 0 aliphatic carbocycles. The van der Waals surface area contributed by atoms with Crippen molar-refractivity contribution < 1.29 is 4.79 Å². The second-order valence-electron chi connectivity index (χ2n) is 6.79. The third-order valence-electron chi connectivity index (χ3n) is 4.83. The summed E-state index contributed by atoms with van der Waals surface area (Å²) in [6.07, 6.45) is 4.97. The van der Waals surface area contributed by atoms with Gasteiger partial charge in [0.1, 0.15) is 5.69 Å². The molecule has 3 rings (SSSR count). The zero-order chi connectivity index (χ0) is 17.8. The second-order valence-corrected chi connectivity index (χ2v) is 6.79. The molecule has 1 saturated heterocycles. The van der Waals surface area contributed by atoms with Gasteiger partial charge in [-0.15, -0.1) is 0 Å². The first-order chi connectivity index (χ1) is 12.0. The molecule has 132 valence electrons. The molecule has 0 saturated carbocycles. The third kappa shape index (κ3) is 4.13. The van der Waals surface area contributed by atoms with E-state index in [1.54, 1.807) is 19.2 Å². The summed E-state index contributed by atoms with van der Waals surface area (Å²) in [4.78, 5) is 38.4. The number of amides is 1. The van der Waals surface area contributed by atoms with Crippen molar-refractivity contribution in [3.8, 4) is 11.5 Å². The van der Waals surface area contributed by atoms with Gasteiger partial charge in [-0.05, 0) is 44.2 Å². The van der Waals surface area contributed by atoms with E-state index >= 15 is 0 Å². The highest BCUT2D eigenvalue weighted by atomic mass is 16.2. The van der Waals surface area contributed by atoms with Gasteiger partial charge in [0.2, 0.25) is 5.91 Å². The fourth-order valence-electron chi connectivity index (χ4n) is 3.22.